The van der Waals surface area contributed by atoms with Gasteiger partial charge in [0.05, 0.1) is 17.7 Å². The molecule has 11 heteroatoms. The Kier molecular flexibility index (Phi) is 10.5. The number of hydrogen-bond donors (Lipinski definition) is 1. The number of sulfonamides is 1. The van der Waals surface area contributed by atoms with Gasteiger partial charge in [0.2, 0.25) is 11.8 Å². The molecule has 0 fully saturated rings. The fraction of sp³-hybridized carbons (Fsp3) is 0.375. The van der Waals surface area contributed by atoms with Gasteiger partial charge >= 0.3 is 0 Å². The van der Waals surface area contributed by atoms with E-state index < -0.39 is 28.5 Å². The lowest BCUT2D eigenvalue weighted by atomic mass is 10.1. The van der Waals surface area contributed by atoms with Crippen molar-refractivity contribution in [2.24, 2.45) is 5.92 Å². The lowest BCUT2D eigenvalue weighted by molar-refractivity contribution is -0.140. The third-order valence-corrected chi connectivity index (χ3v) is 8.79. The van der Waals surface area contributed by atoms with Crippen LogP contribution in [0.3, 0.4) is 0 Å². The summed E-state index contributed by atoms with van der Waals surface area (Å²) in [5, 5.41) is 2.93. The van der Waals surface area contributed by atoms with Crippen molar-refractivity contribution in [3.63, 3.8) is 0 Å². The Morgan fingerprint density at radius 2 is 1.63 bits per heavy atom. The zero-order valence-electron chi connectivity index (χ0n) is 25.0. The van der Waals surface area contributed by atoms with Crippen LogP contribution in [0.5, 0.6) is 17.2 Å². The van der Waals surface area contributed by atoms with E-state index in [1.807, 2.05) is 32.9 Å². The normalized spacial score (nSPS) is 13.2. The summed E-state index contributed by atoms with van der Waals surface area (Å²) in [5.74, 6) is 0.925. The maximum atomic E-state index is 14.2. The van der Waals surface area contributed by atoms with Crippen LogP contribution >= 0.6 is 0 Å². The van der Waals surface area contributed by atoms with E-state index in [2.05, 4.69) is 5.32 Å². The number of anilines is 1. The van der Waals surface area contributed by atoms with Gasteiger partial charge in [-0.05, 0) is 54.3 Å². The molecule has 0 radical (unpaired) electrons. The van der Waals surface area contributed by atoms with Gasteiger partial charge in [-0.1, -0.05) is 51.1 Å². The van der Waals surface area contributed by atoms with Crippen LogP contribution in [0.2, 0.25) is 0 Å². The topological polar surface area (TPSA) is 114 Å². The maximum Gasteiger partial charge on any atom is 0.264 e. The Balaban J connectivity index is 1.73. The second kappa shape index (κ2) is 14.3. The van der Waals surface area contributed by atoms with Crippen molar-refractivity contribution < 1.29 is 32.2 Å². The summed E-state index contributed by atoms with van der Waals surface area (Å²) < 4.78 is 45.7. The summed E-state index contributed by atoms with van der Waals surface area (Å²) in [5.41, 5.74) is 1.00. The molecule has 1 aliphatic heterocycles. The molecule has 230 valence electrons. The summed E-state index contributed by atoms with van der Waals surface area (Å²) >= 11 is 0. The molecule has 0 spiro atoms. The molecule has 43 heavy (non-hydrogen) atoms. The van der Waals surface area contributed by atoms with Crippen LogP contribution in [0.25, 0.3) is 0 Å². The minimum absolute atomic E-state index is 0.0288. The molecule has 0 saturated carbocycles. The number of carbonyl (C=O) groups is 2. The molecule has 4 rings (SSSR count). The lowest BCUT2D eigenvalue weighted by Gasteiger charge is -2.33. The molecule has 1 aliphatic rings. The van der Waals surface area contributed by atoms with Gasteiger partial charge in [0.1, 0.15) is 31.5 Å². The van der Waals surface area contributed by atoms with E-state index in [4.69, 9.17) is 14.2 Å². The lowest BCUT2D eigenvalue weighted by Crippen LogP contribution is -2.52. The molecular weight excluding hydrogens is 570 g/mol. The van der Waals surface area contributed by atoms with Crippen LogP contribution < -0.4 is 23.8 Å². The van der Waals surface area contributed by atoms with E-state index in [0.29, 0.717) is 43.4 Å². The largest absolute Gasteiger partial charge is 0.497 e. The first kappa shape index (κ1) is 31.7. The zero-order valence-corrected chi connectivity index (χ0v) is 25.8. The van der Waals surface area contributed by atoms with Gasteiger partial charge in [0.25, 0.3) is 10.0 Å². The number of ether oxygens (including phenoxy) is 3. The van der Waals surface area contributed by atoms with Crippen LogP contribution in [0.15, 0.2) is 77.7 Å². The van der Waals surface area contributed by atoms with Crippen molar-refractivity contribution in [2.45, 2.75) is 44.7 Å². The van der Waals surface area contributed by atoms with E-state index >= 15 is 0 Å². The first-order chi connectivity index (χ1) is 20.6. The Bertz CT molecular complexity index is 1500. The van der Waals surface area contributed by atoms with Crippen molar-refractivity contribution in [1.29, 1.82) is 0 Å². The number of amides is 2. The van der Waals surface area contributed by atoms with Crippen molar-refractivity contribution in [1.82, 2.24) is 10.2 Å². The molecule has 1 atom stereocenters. The number of carbonyl (C=O) groups excluding carboxylic acids is 2. The molecule has 10 nitrogen and oxygen atoms in total. The highest BCUT2D eigenvalue weighted by Crippen LogP contribution is 2.36. The highest BCUT2D eigenvalue weighted by Gasteiger charge is 2.34. The fourth-order valence-electron chi connectivity index (χ4n) is 4.71. The molecule has 3 aromatic rings. The van der Waals surface area contributed by atoms with E-state index in [0.717, 1.165) is 9.87 Å². The monoisotopic (exact) mass is 609 g/mol. The average Bonchev–Trinajstić information content (AvgIpc) is 3.02. The SMILES string of the molecule is CCC(C(=O)NCC(C)C)N(Cc1ccc(OC)cc1)C(=O)CN(c1ccc2c(c1)OCCO2)S(=O)(=O)c1ccccc1. The zero-order chi connectivity index (χ0) is 31.0. The van der Waals surface area contributed by atoms with E-state index in [-0.39, 0.29) is 29.0 Å². The molecule has 0 bridgehead atoms. The smallest absolute Gasteiger partial charge is 0.264 e. The molecule has 1 N–H and O–H groups in total. The Hall–Kier alpha value is -4.25. The van der Waals surface area contributed by atoms with Crippen molar-refractivity contribution in [3.8, 4) is 17.2 Å². The highest BCUT2D eigenvalue weighted by molar-refractivity contribution is 7.92. The number of benzene rings is 3. The van der Waals surface area contributed by atoms with Crippen LogP contribution in [-0.4, -0.2) is 64.6 Å². The number of hydrogen-bond acceptors (Lipinski definition) is 7. The molecule has 2 amide bonds. The van der Waals surface area contributed by atoms with Crippen LogP contribution in [-0.2, 0) is 26.2 Å². The molecule has 3 aromatic carbocycles. The van der Waals surface area contributed by atoms with Gasteiger partial charge in [-0.25, -0.2) is 8.42 Å². The minimum Gasteiger partial charge on any atom is -0.497 e. The number of nitrogens with one attached hydrogen (secondary N) is 1. The molecule has 1 unspecified atom stereocenters. The quantitative estimate of drug-likeness (QED) is 0.308. The van der Waals surface area contributed by atoms with Crippen molar-refractivity contribution >= 4 is 27.5 Å². The Labute approximate surface area is 253 Å². The Morgan fingerprint density at radius 3 is 2.26 bits per heavy atom. The first-order valence-corrected chi connectivity index (χ1v) is 15.8. The highest BCUT2D eigenvalue weighted by atomic mass is 32.2. The van der Waals surface area contributed by atoms with E-state index in [1.54, 1.807) is 55.6 Å². The summed E-state index contributed by atoms with van der Waals surface area (Å²) in [7, 11) is -2.63. The summed E-state index contributed by atoms with van der Waals surface area (Å²) in [4.78, 5) is 29.1. The van der Waals surface area contributed by atoms with E-state index in [1.165, 1.54) is 17.0 Å². The minimum atomic E-state index is -4.19. The van der Waals surface area contributed by atoms with Crippen molar-refractivity contribution in [2.75, 3.05) is 37.7 Å². The van der Waals surface area contributed by atoms with E-state index in [9.17, 15) is 18.0 Å². The second-order valence-corrected chi connectivity index (χ2v) is 12.4. The van der Waals surface area contributed by atoms with Gasteiger partial charge in [-0.2, -0.15) is 0 Å². The van der Waals surface area contributed by atoms with Gasteiger partial charge < -0.3 is 24.4 Å². The predicted octanol–water partition coefficient (Wildman–Crippen LogP) is 4.24. The standard InChI is InChI=1S/C32H39N3O7S/c1-5-28(32(37)33-20-23(2)3)34(21-24-11-14-26(40-4)15-12-24)31(36)22-35(43(38,39)27-9-7-6-8-10-27)25-13-16-29-30(19-25)42-18-17-41-29/h6-16,19,23,28H,5,17-18,20-22H2,1-4H3,(H,33,37). The molecule has 0 aliphatic carbocycles. The summed E-state index contributed by atoms with van der Waals surface area (Å²) in [6, 6.07) is 19.1. The van der Waals surface area contributed by atoms with Gasteiger partial charge in [-0.3, -0.25) is 13.9 Å². The van der Waals surface area contributed by atoms with Gasteiger partial charge in [0, 0.05) is 19.2 Å². The second-order valence-electron chi connectivity index (χ2n) is 10.6. The van der Waals surface area contributed by atoms with Gasteiger partial charge in [-0.15, -0.1) is 0 Å². The number of rotatable bonds is 13. The molecular formula is C32H39N3O7S. The number of nitrogens with zero attached hydrogens (tertiary/aromatic N) is 2. The predicted molar refractivity (Wildman–Crippen MR) is 164 cm³/mol. The fourth-order valence-corrected chi connectivity index (χ4v) is 6.13. The third-order valence-electron chi connectivity index (χ3n) is 7.01. The molecule has 0 saturated heterocycles. The average molecular weight is 610 g/mol. The van der Waals surface area contributed by atoms with Gasteiger partial charge in [0.15, 0.2) is 11.5 Å². The maximum absolute atomic E-state index is 14.2. The van der Waals surface area contributed by atoms with Crippen LogP contribution in [0.4, 0.5) is 5.69 Å². The van der Waals surface area contributed by atoms with Crippen LogP contribution in [0.1, 0.15) is 32.8 Å². The number of methoxy groups -OCH3 is 1. The summed E-state index contributed by atoms with van der Waals surface area (Å²) in [6.07, 6.45) is 0.335. The number of fused-ring (bicyclic) bond motifs is 1. The molecule has 0 aromatic heterocycles. The van der Waals surface area contributed by atoms with Crippen molar-refractivity contribution in [3.05, 3.63) is 78.4 Å². The first-order valence-electron chi connectivity index (χ1n) is 14.3. The summed E-state index contributed by atoms with van der Waals surface area (Å²) in [6.45, 7) is 6.51. The van der Waals surface area contributed by atoms with Crippen LogP contribution in [0, 0.1) is 5.92 Å². The molecule has 1 heterocycles. The third kappa shape index (κ3) is 7.78. The Morgan fingerprint density at radius 1 is 0.953 bits per heavy atom.